The Morgan fingerprint density at radius 3 is 2.69 bits per heavy atom. The summed E-state index contributed by atoms with van der Waals surface area (Å²) in [5.74, 6) is 0.517. The van der Waals surface area contributed by atoms with Crippen molar-refractivity contribution in [2.75, 3.05) is 0 Å². The number of non-ortho nitro benzene ring substituents is 1. The van der Waals surface area contributed by atoms with Crippen LogP contribution in [0, 0.1) is 10.1 Å². The number of nitrogens with zero attached hydrogens (tertiary/aromatic N) is 3. The van der Waals surface area contributed by atoms with Crippen LogP contribution >= 0.6 is 11.6 Å². The van der Waals surface area contributed by atoms with E-state index in [1.807, 2.05) is 30.3 Å². The van der Waals surface area contributed by atoms with Gasteiger partial charge in [0, 0.05) is 28.9 Å². The Labute approximate surface area is 170 Å². The van der Waals surface area contributed by atoms with E-state index >= 15 is 0 Å². The lowest BCUT2D eigenvalue weighted by molar-refractivity contribution is -0.384. The van der Waals surface area contributed by atoms with Crippen LogP contribution < -0.4 is 0 Å². The third-order valence-corrected chi connectivity index (χ3v) is 4.39. The Morgan fingerprint density at radius 1 is 1.07 bits per heavy atom. The third-order valence-electron chi connectivity index (χ3n) is 4.14. The number of hydrogen-bond acceptors (Lipinski definition) is 5. The maximum atomic E-state index is 10.8. The van der Waals surface area contributed by atoms with Crippen LogP contribution in [0.25, 0.3) is 28.6 Å². The highest BCUT2D eigenvalue weighted by molar-refractivity contribution is 6.30. The van der Waals surface area contributed by atoms with Crippen molar-refractivity contribution in [1.82, 2.24) is 4.98 Å². The molecule has 0 radical (unpaired) electrons. The zero-order valence-electron chi connectivity index (χ0n) is 15.0. The van der Waals surface area contributed by atoms with Gasteiger partial charge in [-0.2, -0.15) is 0 Å². The summed E-state index contributed by atoms with van der Waals surface area (Å²) in [5, 5.41) is 11.5. The zero-order valence-corrected chi connectivity index (χ0v) is 15.8. The Balaban J connectivity index is 1.51. The van der Waals surface area contributed by atoms with Gasteiger partial charge >= 0.3 is 0 Å². The van der Waals surface area contributed by atoms with Crippen molar-refractivity contribution >= 4 is 46.4 Å². The molecule has 4 aromatic rings. The van der Waals surface area contributed by atoms with E-state index in [9.17, 15) is 10.1 Å². The number of oxazole rings is 1. The average Bonchev–Trinajstić information content (AvgIpc) is 3.15. The lowest BCUT2D eigenvalue weighted by Crippen LogP contribution is -1.87. The van der Waals surface area contributed by atoms with Crippen LogP contribution in [0.5, 0.6) is 0 Å². The number of aromatic nitrogens is 1. The lowest BCUT2D eigenvalue weighted by atomic mass is 10.2. The van der Waals surface area contributed by atoms with E-state index in [0.29, 0.717) is 22.0 Å². The van der Waals surface area contributed by atoms with Gasteiger partial charge in [-0.3, -0.25) is 15.1 Å². The van der Waals surface area contributed by atoms with Crippen LogP contribution in [-0.2, 0) is 0 Å². The number of hydrogen-bond donors (Lipinski definition) is 0. The van der Waals surface area contributed by atoms with Crippen molar-refractivity contribution in [2.45, 2.75) is 0 Å². The van der Waals surface area contributed by atoms with Gasteiger partial charge in [-0.05, 0) is 54.1 Å². The summed E-state index contributed by atoms with van der Waals surface area (Å²) in [6, 6.07) is 19.1. The molecule has 0 saturated heterocycles. The van der Waals surface area contributed by atoms with Crippen LogP contribution in [0.1, 0.15) is 5.56 Å². The highest BCUT2D eigenvalue weighted by Gasteiger charge is 2.08. The molecule has 7 heteroatoms. The fourth-order valence-corrected chi connectivity index (χ4v) is 2.86. The monoisotopic (exact) mass is 403 g/mol. The Morgan fingerprint density at radius 2 is 1.90 bits per heavy atom. The minimum Gasteiger partial charge on any atom is -0.436 e. The molecule has 0 aliphatic rings. The average molecular weight is 404 g/mol. The van der Waals surface area contributed by atoms with Crippen molar-refractivity contribution < 1.29 is 9.34 Å². The fourth-order valence-electron chi connectivity index (χ4n) is 2.74. The van der Waals surface area contributed by atoms with Gasteiger partial charge in [-0.15, -0.1) is 0 Å². The first-order valence-corrected chi connectivity index (χ1v) is 9.08. The predicted octanol–water partition coefficient (Wildman–Crippen LogP) is 6.47. The van der Waals surface area contributed by atoms with Gasteiger partial charge in [0.25, 0.3) is 5.69 Å². The van der Waals surface area contributed by atoms with Crippen molar-refractivity contribution in [3.8, 4) is 11.5 Å². The lowest BCUT2D eigenvalue weighted by Gasteiger charge is -1.94. The predicted molar refractivity (Wildman–Crippen MR) is 115 cm³/mol. The second-order valence-corrected chi connectivity index (χ2v) is 6.60. The molecule has 0 amide bonds. The van der Waals surface area contributed by atoms with Crippen LogP contribution in [-0.4, -0.2) is 16.1 Å². The van der Waals surface area contributed by atoms with Crippen LogP contribution in [0.15, 0.2) is 82.2 Å². The van der Waals surface area contributed by atoms with Gasteiger partial charge in [0.05, 0.1) is 10.6 Å². The number of fused-ring (bicyclic) bond motifs is 1. The topological polar surface area (TPSA) is 81.5 Å². The van der Waals surface area contributed by atoms with E-state index in [1.54, 1.807) is 42.6 Å². The Kier molecular flexibility index (Phi) is 5.18. The second-order valence-electron chi connectivity index (χ2n) is 6.17. The first-order chi connectivity index (χ1) is 14.1. The molecule has 0 saturated carbocycles. The van der Waals surface area contributed by atoms with Crippen molar-refractivity contribution in [2.24, 2.45) is 4.99 Å². The highest BCUT2D eigenvalue weighted by Crippen LogP contribution is 2.27. The summed E-state index contributed by atoms with van der Waals surface area (Å²) in [5.41, 5.74) is 3.71. The van der Waals surface area contributed by atoms with E-state index in [-0.39, 0.29) is 5.69 Å². The molecule has 0 fully saturated rings. The molecule has 0 aliphatic heterocycles. The van der Waals surface area contributed by atoms with E-state index in [1.165, 1.54) is 12.1 Å². The molecule has 0 atom stereocenters. The number of rotatable bonds is 5. The number of benzene rings is 3. The molecule has 0 bridgehead atoms. The molecule has 4 rings (SSSR count). The normalized spacial score (nSPS) is 11.6. The summed E-state index contributed by atoms with van der Waals surface area (Å²) >= 11 is 5.92. The van der Waals surface area contributed by atoms with E-state index in [2.05, 4.69) is 9.98 Å². The maximum absolute atomic E-state index is 10.8. The van der Waals surface area contributed by atoms with Gasteiger partial charge in [0.2, 0.25) is 5.89 Å². The summed E-state index contributed by atoms with van der Waals surface area (Å²) in [7, 11) is 0. The number of allylic oxidation sites excluding steroid dienone is 1. The van der Waals surface area contributed by atoms with E-state index < -0.39 is 4.92 Å². The zero-order chi connectivity index (χ0) is 20.2. The smallest absolute Gasteiger partial charge is 0.270 e. The minimum atomic E-state index is -0.420. The van der Waals surface area contributed by atoms with Gasteiger partial charge < -0.3 is 4.42 Å². The minimum absolute atomic E-state index is 0.0528. The first-order valence-electron chi connectivity index (χ1n) is 8.70. The molecule has 0 unspecified atom stereocenters. The van der Waals surface area contributed by atoms with Gasteiger partial charge in [0.15, 0.2) is 5.58 Å². The van der Waals surface area contributed by atoms with Crippen LogP contribution in [0.4, 0.5) is 11.4 Å². The van der Waals surface area contributed by atoms with Crippen LogP contribution in [0.2, 0.25) is 5.02 Å². The summed E-state index contributed by atoms with van der Waals surface area (Å²) in [6.45, 7) is 0. The molecule has 1 heterocycles. The third kappa shape index (κ3) is 4.39. The maximum Gasteiger partial charge on any atom is 0.270 e. The van der Waals surface area contributed by atoms with Crippen molar-refractivity contribution in [3.63, 3.8) is 0 Å². The van der Waals surface area contributed by atoms with Crippen molar-refractivity contribution in [3.05, 3.63) is 93.5 Å². The highest BCUT2D eigenvalue weighted by atomic mass is 35.5. The molecule has 29 heavy (non-hydrogen) atoms. The molecule has 142 valence electrons. The molecule has 0 aliphatic carbocycles. The standard InChI is InChI=1S/C22H14ClN3O3/c23-17-8-6-16(7-9-17)22-25-20-14-18(10-11-21(20)29-22)24-12-2-4-15-3-1-5-19(13-15)26(27)28/h1-14H. The molecule has 0 N–H and O–H groups in total. The molecular weight excluding hydrogens is 390 g/mol. The summed E-state index contributed by atoms with van der Waals surface area (Å²) in [4.78, 5) is 19.3. The second kappa shape index (κ2) is 8.08. The van der Waals surface area contributed by atoms with Crippen LogP contribution in [0.3, 0.4) is 0 Å². The number of halogens is 1. The molecule has 6 nitrogen and oxygen atoms in total. The largest absolute Gasteiger partial charge is 0.436 e. The first kappa shape index (κ1) is 18.6. The Bertz CT molecular complexity index is 1240. The summed E-state index contributed by atoms with van der Waals surface area (Å²) in [6.07, 6.45) is 5.11. The summed E-state index contributed by atoms with van der Waals surface area (Å²) < 4.78 is 5.79. The van der Waals surface area contributed by atoms with E-state index in [4.69, 9.17) is 16.0 Å². The molecule has 0 spiro atoms. The number of aliphatic imine (C=N–C) groups is 1. The fraction of sp³-hybridized carbons (Fsp3) is 0. The number of nitro groups is 1. The molecular formula is C22H14ClN3O3. The quantitative estimate of drug-likeness (QED) is 0.217. The Hall–Kier alpha value is -3.77. The van der Waals surface area contributed by atoms with E-state index in [0.717, 1.165) is 16.8 Å². The molecule has 1 aromatic heterocycles. The SMILES string of the molecule is O=[N+]([O-])c1cccc(C=CC=Nc2ccc3oc(-c4ccc(Cl)cc4)nc3c2)c1. The van der Waals surface area contributed by atoms with Crippen molar-refractivity contribution in [1.29, 1.82) is 0 Å². The van der Waals surface area contributed by atoms with Gasteiger partial charge in [-0.25, -0.2) is 4.98 Å². The van der Waals surface area contributed by atoms with Gasteiger partial charge in [0.1, 0.15) is 5.52 Å². The molecule has 3 aromatic carbocycles. The number of nitro benzene ring substituents is 1. The van der Waals surface area contributed by atoms with Gasteiger partial charge in [-0.1, -0.05) is 29.8 Å².